The number of benzene rings is 2. The van der Waals surface area contributed by atoms with Crippen LogP contribution in [-0.2, 0) is 5.88 Å². The van der Waals surface area contributed by atoms with Crippen LogP contribution in [0.15, 0.2) is 36.4 Å². The molecule has 0 radical (unpaired) electrons. The van der Waals surface area contributed by atoms with Gasteiger partial charge >= 0.3 is 0 Å². The molecule has 0 heterocycles. The first-order valence-corrected chi connectivity index (χ1v) is 6.30. The van der Waals surface area contributed by atoms with Gasteiger partial charge in [-0.25, -0.2) is 4.39 Å². The summed E-state index contributed by atoms with van der Waals surface area (Å²) < 4.78 is 19.2. The average molecular weight is 285 g/mol. The number of hydrogen-bond donors (Lipinski definition) is 0. The lowest BCUT2D eigenvalue weighted by Gasteiger charge is -2.12. The molecule has 2 rings (SSSR count). The Balaban J connectivity index is 2.37. The van der Waals surface area contributed by atoms with Crippen LogP contribution in [0.3, 0.4) is 0 Å². The zero-order valence-corrected chi connectivity index (χ0v) is 11.2. The molecular formula is C14H11Cl2FO. The molecule has 0 fully saturated rings. The van der Waals surface area contributed by atoms with E-state index in [1.54, 1.807) is 30.3 Å². The highest BCUT2D eigenvalue weighted by Crippen LogP contribution is 2.31. The second-order valence-electron chi connectivity index (χ2n) is 3.86. The number of hydrogen-bond acceptors (Lipinski definition) is 1. The van der Waals surface area contributed by atoms with Crippen molar-refractivity contribution in [2.75, 3.05) is 0 Å². The molecule has 0 bridgehead atoms. The fourth-order valence-corrected chi connectivity index (χ4v) is 2.10. The lowest BCUT2D eigenvalue weighted by atomic mass is 10.2. The van der Waals surface area contributed by atoms with Crippen LogP contribution >= 0.6 is 23.2 Å². The minimum Gasteiger partial charge on any atom is -0.457 e. The molecule has 18 heavy (non-hydrogen) atoms. The molecule has 0 N–H and O–H groups in total. The summed E-state index contributed by atoms with van der Waals surface area (Å²) in [6.07, 6.45) is 0. The summed E-state index contributed by atoms with van der Waals surface area (Å²) in [6, 6.07) is 9.90. The molecule has 0 aromatic heterocycles. The van der Waals surface area contributed by atoms with E-state index >= 15 is 0 Å². The van der Waals surface area contributed by atoms with Crippen molar-refractivity contribution in [2.45, 2.75) is 12.8 Å². The van der Waals surface area contributed by atoms with E-state index in [1.165, 1.54) is 6.07 Å². The van der Waals surface area contributed by atoms with E-state index < -0.39 is 0 Å². The maximum Gasteiger partial charge on any atom is 0.134 e. The van der Waals surface area contributed by atoms with E-state index in [2.05, 4.69) is 0 Å². The summed E-state index contributed by atoms with van der Waals surface area (Å²) in [7, 11) is 0. The highest BCUT2D eigenvalue weighted by molar-refractivity contribution is 6.30. The van der Waals surface area contributed by atoms with Crippen molar-refractivity contribution in [3.8, 4) is 11.5 Å². The van der Waals surface area contributed by atoms with Gasteiger partial charge in [0.1, 0.15) is 17.3 Å². The molecule has 0 saturated heterocycles. The number of alkyl halides is 1. The van der Waals surface area contributed by atoms with Crippen LogP contribution in [0.25, 0.3) is 0 Å². The molecule has 94 valence electrons. The summed E-state index contributed by atoms with van der Waals surface area (Å²) in [5, 5.41) is 0.636. The second kappa shape index (κ2) is 5.59. The number of aryl methyl sites for hydroxylation is 1. The molecule has 1 nitrogen and oxygen atoms in total. The van der Waals surface area contributed by atoms with Crippen LogP contribution in [0.4, 0.5) is 4.39 Å². The second-order valence-corrected chi connectivity index (χ2v) is 4.57. The maximum atomic E-state index is 13.5. The Bertz CT molecular complexity index is 570. The molecule has 0 amide bonds. The molecule has 0 aliphatic rings. The first-order valence-electron chi connectivity index (χ1n) is 5.39. The first kappa shape index (κ1) is 13.2. The van der Waals surface area contributed by atoms with Gasteiger partial charge in [-0.2, -0.15) is 0 Å². The Morgan fingerprint density at radius 3 is 2.61 bits per heavy atom. The number of ether oxygens (including phenoxy) is 1. The summed E-state index contributed by atoms with van der Waals surface area (Å²) in [4.78, 5) is 0. The lowest BCUT2D eigenvalue weighted by molar-refractivity contribution is 0.467. The molecular weight excluding hydrogens is 274 g/mol. The molecule has 0 aliphatic heterocycles. The van der Waals surface area contributed by atoms with Crippen LogP contribution < -0.4 is 4.74 Å². The van der Waals surface area contributed by atoms with Gasteiger partial charge < -0.3 is 4.74 Å². The summed E-state index contributed by atoms with van der Waals surface area (Å²) in [6.45, 7) is 1.88. The van der Waals surface area contributed by atoms with E-state index in [0.29, 0.717) is 22.1 Å². The molecule has 2 aromatic rings. The summed E-state index contributed by atoms with van der Waals surface area (Å²) in [5.74, 6) is 0.759. The van der Waals surface area contributed by atoms with Crippen molar-refractivity contribution < 1.29 is 9.13 Å². The van der Waals surface area contributed by atoms with Crippen LogP contribution in [0.5, 0.6) is 11.5 Å². The predicted octanol–water partition coefficient (Wildman–Crippen LogP) is 5.32. The number of halogens is 3. The topological polar surface area (TPSA) is 9.23 Å². The van der Waals surface area contributed by atoms with Gasteiger partial charge in [0, 0.05) is 10.6 Å². The molecule has 0 aliphatic carbocycles. The summed E-state index contributed by atoms with van der Waals surface area (Å²) >= 11 is 11.6. The van der Waals surface area contributed by atoms with Crippen LogP contribution in [0, 0.1) is 12.7 Å². The van der Waals surface area contributed by atoms with E-state index in [-0.39, 0.29) is 11.7 Å². The van der Waals surface area contributed by atoms with Gasteiger partial charge in [0.15, 0.2) is 0 Å². The fourth-order valence-electron chi connectivity index (χ4n) is 1.61. The molecule has 0 atom stereocenters. The first-order chi connectivity index (χ1) is 8.61. The Morgan fingerprint density at radius 1 is 1.17 bits per heavy atom. The van der Waals surface area contributed by atoms with Gasteiger partial charge in [0.25, 0.3) is 0 Å². The van der Waals surface area contributed by atoms with Crippen molar-refractivity contribution >= 4 is 23.2 Å². The molecule has 0 spiro atoms. The van der Waals surface area contributed by atoms with Gasteiger partial charge in [0.05, 0.1) is 5.88 Å². The zero-order chi connectivity index (χ0) is 13.1. The molecule has 2 aromatic carbocycles. The Labute approximate surface area is 115 Å². The fraction of sp³-hybridized carbons (Fsp3) is 0.143. The van der Waals surface area contributed by atoms with E-state index in [4.69, 9.17) is 27.9 Å². The van der Waals surface area contributed by atoms with Crippen LogP contribution in [0.1, 0.15) is 11.1 Å². The SMILES string of the molecule is Cc1cc(Cl)ccc1Oc1cccc(F)c1CCl. The Kier molecular flexibility index (Phi) is 4.10. The predicted molar refractivity (Wildman–Crippen MR) is 72.2 cm³/mol. The smallest absolute Gasteiger partial charge is 0.134 e. The maximum absolute atomic E-state index is 13.5. The van der Waals surface area contributed by atoms with Crippen molar-refractivity contribution in [1.82, 2.24) is 0 Å². The average Bonchev–Trinajstić information content (AvgIpc) is 2.33. The third kappa shape index (κ3) is 2.77. The van der Waals surface area contributed by atoms with Crippen LogP contribution in [-0.4, -0.2) is 0 Å². The number of rotatable bonds is 3. The van der Waals surface area contributed by atoms with Crippen molar-refractivity contribution in [3.05, 3.63) is 58.4 Å². The normalized spacial score (nSPS) is 10.4. The third-order valence-corrected chi connectivity index (χ3v) is 3.07. The monoisotopic (exact) mass is 284 g/mol. The van der Waals surface area contributed by atoms with Gasteiger partial charge in [-0.3, -0.25) is 0 Å². The third-order valence-electron chi connectivity index (χ3n) is 2.57. The van der Waals surface area contributed by atoms with E-state index in [9.17, 15) is 4.39 Å². The highest BCUT2D eigenvalue weighted by atomic mass is 35.5. The van der Waals surface area contributed by atoms with Crippen LogP contribution in [0.2, 0.25) is 5.02 Å². The Hall–Kier alpha value is -1.25. The van der Waals surface area contributed by atoms with Gasteiger partial charge in [-0.15, -0.1) is 11.6 Å². The van der Waals surface area contributed by atoms with Crippen molar-refractivity contribution in [3.63, 3.8) is 0 Å². The lowest BCUT2D eigenvalue weighted by Crippen LogP contribution is -1.94. The van der Waals surface area contributed by atoms with Gasteiger partial charge in [-0.1, -0.05) is 17.7 Å². The minimum atomic E-state index is -0.367. The Morgan fingerprint density at radius 2 is 1.94 bits per heavy atom. The zero-order valence-electron chi connectivity index (χ0n) is 9.71. The highest BCUT2D eigenvalue weighted by Gasteiger charge is 2.10. The largest absolute Gasteiger partial charge is 0.457 e. The summed E-state index contributed by atoms with van der Waals surface area (Å²) in [5.41, 5.74) is 1.24. The standard InChI is InChI=1S/C14H11Cl2FO/c1-9-7-10(16)5-6-13(9)18-14-4-2-3-12(17)11(14)8-15/h2-7H,8H2,1H3. The minimum absolute atomic E-state index is 0.0641. The van der Waals surface area contributed by atoms with Gasteiger partial charge in [-0.05, 0) is 42.8 Å². The molecule has 4 heteroatoms. The molecule has 0 unspecified atom stereocenters. The van der Waals surface area contributed by atoms with Gasteiger partial charge in [0.2, 0.25) is 0 Å². The van der Waals surface area contributed by atoms with E-state index in [1.807, 2.05) is 6.92 Å². The van der Waals surface area contributed by atoms with Crippen molar-refractivity contribution in [2.24, 2.45) is 0 Å². The van der Waals surface area contributed by atoms with Crippen molar-refractivity contribution in [1.29, 1.82) is 0 Å². The molecule has 0 saturated carbocycles. The van der Waals surface area contributed by atoms with E-state index in [0.717, 1.165) is 5.56 Å². The quantitative estimate of drug-likeness (QED) is 0.693.